The minimum absolute atomic E-state index is 0.0179. The van der Waals surface area contributed by atoms with E-state index >= 15 is 0 Å². The summed E-state index contributed by atoms with van der Waals surface area (Å²) in [6, 6.07) is 15.4. The zero-order valence-electron chi connectivity index (χ0n) is 24.5. The van der Waals surface area contributed by atoms with Crippen LogP contribution in [0.1, 0.15) is 24.1 Å². The van der Waals surface area contributed by atoms with Gasteiger partial charge in [0, 0.05) is 28.0 Å². The third-order valence-corrected chi connectivity index (χ3v) is 7.32. The van der Waals surface area contributed by atoms with Gasteiger partial charge >= 0.3 is 17.9 Å². The van der Waals surface area contributed by atoms with Gasteiger partial charge in [0.05, 0.1) is 26.4 Å². The maximum Gasteiger partial charge on any atom is 0.328 e. The standard InChI is InChI=1S/C32H31ClN4O9/c1-46-32(45)26(16-29(41)42)37-31(44)25(15-28(39)40)36-30(43)24(11-17-6-7-18-4-2-3-5-19(18)10-17)35-27(38)14-22-13-20-12-21(33)8-9-23(20)34-22/h2-10,12-13,24-26,34H,11,14-16H2,1H3,(H,35,38)(H,36,43)(H,37,44)(H,39,40)(H,41,42)/t24-,25-,26-/m1/s1. The Labute approximate surface area is 267 Å². The Hall–Kier alpha value is -5.43. The molecule has 1 aromatic heterocycles. The Morgan fingerprint density at radius 2 is 1.41 bits per heavy atom. The molecule has 0 saturated carbocycles. The average Bonchev–Trinajstić information content (AvgIpc) is 3.40. The molecule has 4 rings (SSSR count). The number of fused-ring (bicyclic) bond motifs is 2. The summed E-state index contributed by atoms with van der Waals surface area (Å²) in [5, 5.41) is 28.9. The van der Waals surface area contributed by atoms with Gasteiger partial charge < -0.3 is 35.9 Å². The highest BCUT2D eigenvalue weighted by atomic mass is 35.5. The fourth-order valence-electron chi connectivity index (χ4n) is 4.93. The Morgan fingerprint density at radius 1 is 0.761 bits per heavy atom. The predicted molar refractivity (Wildman–Crippen MR) is 167 cm³/mol. The first-order valence-electron chi connectivity index (χ1n) is 14.1. The van der Waals surface area contributed by atoms with Crippen molar-refractivity contribution in [2.24, 2.45) is 0 Å². The number of aromatic nitrogens is 1. The summed E-state index contributed by atoms with van der Waals surface area (Å²) in [6.45, 7) is 0. The molecule has 0 fully saturated rings. The van der Waals surface area contributed by atoms with Crippen molar-refractivity contribution in [2.75, 3.05) is 7.11 Å². The van der Waals surface area contributed by atoms with E-state index in [4.69, 9.17) is 16.7 Å². The second-order valence-corrected chi connectivity index (χ2v) is 11.0. The van der Waals surface area contributed by atoms with Crippen molar-refractivity contribution in [1.29, 1.82) is 0 Å². The van der Waals surface area contributed by atoms with Gasteiger partial charge in [-0.1, -0.05) is 54.1 Å². The number of amides is 3. The molecule has 0 aliphatic rings. The summed E-state index contributed by atoms with van der Waals surface area (Å²) in [5.41, 5.74) is 1.98. The van der Waals surface area contributed by atoms with Crippen molar-refractivity contribution in [1.82, 2.24) is 20.9 Å². The number of carboxylic acid groups (broad SMARTS) is 2. The minimum atomic E-state index is -1.72. The molecule has 0 aliphatic heterocycles. The van der Waals surface area contributed by atoms with E-state index in [-0.39, 0.29) is 12.8 Å². The monoisotopic (exact) mass is 650 g/mol. The van der Waals surface area contributed by atoms with Crippen molar-refractivity contribution in [3.05, 3.63) is 83.0 Å². The van der Waals surface area contributed by atoms with Gasteiger partial charge in [0.1, 0.15) is 18.1 Å². The molecule has 3 amide bonds. The predicted octanol–water partition coefficient (Wildman–Crippen LogP) is 2.34. The fourth-order valence-corrected chi connectivity index (χ4v) is 5.11. The second kappa shape index (κ2) is 15.0. The molecule has 1 heterocycles. The third-order valence-electron chi connectivity index (χ3n) is 7.09. The quantitative estimate of drug-likeness (QED) is 0.111. The van der Waals surface area contributed by atoms with Gasteiger partial charge in [-0.3, -0.25) is 24.0 Å². The largest absolute Gasteiger partial charge is 0.481 e. The normalized spacial score (nSPS) is 12.9. The number of methoxy groups -OCH3 is 1. The van der Waals surface area contributed by atoms with Crippen LogP contribution in [0.4, 0.5) is 0 Å². The van der Waals surface area contributed by atoms with Crippen LogP contribution >= 0.6 is 11.6 Å². The Balaban J connectivity index is 1.57. The summed E-state index contributed by atoms with van der Waals surface area (Å²) >= 11 is 6.07. The van der Waals surface area contributed by atoms with E-state index in [1.807, 2.05) is 36.4 Å². The molecule has 46 heavy (non-hydrogen) atoms. The van der Waals surface area contributed by atoms with Crippen LogP contribution in [-0.2, 0) is 46.3 Å². The van der Waals surface area contributed by atoms with Crippen molar-refractivity contribution in [3.8, 4) is 0 Å². The summed E-state index contributed by atoms with van der Waals surface area (Å²) in [7, 11) is 0.991. The smallest absolute Gasteiger partial charge is 0.328 e. The van der Waals surface area contributed by atoms with Crippen LogP contribution in [0, 0.1) is 0 Å². The number of hydrogen-bond donors (Lipinski definition) is 6. The number of aromatic amines is 1. The molecule has 6 N–H and O–H groups in total. The van der Waals surface area contributed by atoms with E-state index in [0.717, 1.165) is 28.8 Å². The highest BCUT2D eigenvalue weighted by Crippen LogP contribution is 2.21. The summed E-state index contributed by atoms with van der Waals surface area (Å²) in [6.07, 6.45) is -1.89. The molecule has 13 nitrogen and oxygen atoms in total. The number of nitrogens with one attached hydrogen (secondary N) is 4. The highest BCUT2D eigenvalue weighted by Gasteiger charge is 2.32. The molecule has 0 saturated heterocycles. The van der Waals surface area contributed by atoms with Crippen LogP contribution < -0.4 is 16.0 Å². The third kappa shape index (κ3) is 9.05. The van der Waals surface area contributed by atoms with Gasteiger partial charge in [-0.05, 0) is 40.6 Å². The van der Waals surface area contributed by atoms with Crippen molar-refractivity contribution < 1.29 is 43.7 Å². The lowest BCUT2D eigenvalue weighted by Gasteiger charge is -2.24. The second-order valence-electron chi connectivity index (χ2n) is 10.5. The maximum atomic E-state index is 13.6. The summed E-state index contributed by atoms with van der Waals surface area (Å²) in [5.74, 6) is -6.49. The van der Waals surface area contributed by atoms with Gasteiger partial charge in [-0.15, -0.1) is 0 Å². The summed E-state index contributed by atoms with van der Waals surface area (Å²) in [4.78, 5) is 77.8. The number of H-pyrrole nitrogens is 1. The number of ether oxygens (including phenoxy) is 1. The number of hydrogen-bond acceptors (Lipinski definition) is 7. The SMILES string of the molecule is COC(=O)[C@@H](CC(=O)O)NC(=O)[C@@H](CC(=O)O)NC(=O)[C@@H](Cc1ccc2ccccc2c1)NC(=O)Cc1cc2cc(Cl)ccc2[nH]1. The number of esters is 1. The molecule has 0 aliphatic carbocycles. The zero-order chi connectivity index (χ0) is 33.4. The lowest BCUT2D eigenvalue weighted by Crippen LogP contribution is -2.57. The van der Waals surface area contributed by atoms with Gasteiger partial charge in [-0.25, -0.2) is 4.79 Å². The minimum Gasteiger partial charge on any atom is -0.481 e. The number of halogens is 1. The lowest BCUT2D eigenvalue weighted by atomic mass is 10.0. The van der Waals surface area contributed by atoms with Crippen molar-refractivity contribution in [2.45, 2.75) is 43.8 Å². The molecule has 0 radical (unpaired) electrons. The van der Waals surface area contributed by atoms with Crippen molar-refractivity contribution in [3.63, 3.8) is 0 Å². The first kappa shape index (κ1) is 33.5. The molecule has 14 heteroatoms. The topological polar surface area (TPSA) is 204 Å². The molecule has 0 unspecified atom stereocenters. The lowest BCUT2D eigenvalue weighted by molar-refractivity contribution is -0.150. The number of carboxylic acids is 2. The highest BCUT2D eigenvalue weighted by molar-refractivity contribution is 6.31. The van der Waals surface area contributed by atoms with Gasteiger partial charge in [-0.2, -0.15) is 0 Å². The van der Waals surface area contributed by atoms with Crippen LogP contribution in [0.2, 0.25) is 5.02 Å². The van der Waals surface area contributed by atoms with Crippen LogP contribution in [0.25, 0.3) is 21.7 Å². The van der Waals surface area contributed by atoms with Gasteiger partial charge in [0.2, 0.25) is 17.7 Å². The molecule has 0 spiro atoms. The molecule has 240 valence electrons. The summed E-state index contributed by atoms with van der Waals surface area (Å²) < 4.78 is 4.53. The molecule has 3 aromatic carbocycles. The Morgan fingerprint density at radius 3 is 2.11 bits per heavy atom. The van der Waals surface area contributed by atoms with Crippen LogP contribution in [0.5, 0.6) is 0 Å². The van der Waals surface area contributed by atoms with E-state index in [2.05, 4.69) is 25.7 Å². The molecule has 0 bridgehead atoms. The maximum absolute atomic E-state index is 13.6. The number of carbonyl (C=O) groups excluding carboxylic acids is 4. The molecular weight excluding hydrogens is 620 g/mol. The number of benzene rings is 3. The molecular formula is C32H31ClN4O9. The van der Waals surface area contributed by atoms with Crippen LogP contribution in [-0.4, -0.2) is 76.1 Å². The van der Waals surface area contributed by atoms with Crippen LogP contribution in [0.15, 0.2) is 66.7 Å². The van der Waals surface area contributed by atoms with E-state index in [0.29, 0.717) is 16.3 Å². The van der Waals surface area contributed by atoms with Gasteiger partial charge in [0.15, 0.2) is 0 Å². The zero-order valence-corrected chi connectivity index (χ0v) is 25.3. The van der Waals surface area contributed by atoms with Crippen molar-refractivity contribution >= 4 is 68.9 Å². The van der Waals surface area contributed by atoms with E-state index < -0.39 is 66.6 Å². The average molecular weight is 651 g/mol. The Kier molecular flexibility index (Phi) is 10.9. The Bertz CT molecular complexity index is 1800. The fraction of sp³-hybridized carbons (Fsp3) is 0.250. The number of rotatable bonds is 14. The first-order chi connectivity index (χ1) is 21.9. The van der Waals surface area contributed by atoms with Crippen LogP contribution in [0.3, 0.4) is 0 Å². The van der Waals surface area contributed by atoms with E-state index in [1.165, 1.54) is 0 Å². The van der Waals surface area contributed by atoms with E-state index in [9.17, 15) is 33.9 Å². The number of aliphatic carboxylic acids is 2. The first-order valence-corrected chi connectivity index (χ1v) is 14.5. The number of carbonyl (C=O) groups is 6. The van der Waals surface area contributed by atoms with Gasteiger partial charge in [0.25, 0.3) is 0 Å². The molecule has 3 atom stereocenters. The van der Waals surface area contributed by atoms with E-state index in [1.54, 1.807) is 30.3 Å². The molecule has 4 aromatic rings.